The fourth-order valence-corrected chi connectivity index (χ4v) is 2.53. The van der Waals surface area contributed by atoms with Crippen molar-refractivity contribution in [1.82, 2.24) is 10.2 Å². The lowest BCUT2D eigenvalue weighted by molar-refractivity contribution is -0.145. The van der Waals surface area contributed by atoms with Crippen LogP contribution in [0.2, 0.25) is 0 Å². The van der Waals surface area contributed by atoms with Gasteiger partial charge in [0, 0.05) is 26.2 Å². The predicted molar refractivity (Wildman–Crippen MR) is 70.6 cm³/mol. The van der Waals surface area contributed by atoms with Crippen molar-refractivity contribution in [2.75, 3.05) is 32.8 Å². The number of hydrogen-bond acceptors (Lipinski definition) is 4. The Balaban J connectivity index is 1.62. The Kier molecular flexibility index (Phi) is 5.60. The number of rotatable bonds is 5. The highest BCUT2D eigenvalue weighted by Crippen LogP contribution is 2.14. The van der Waals surface area contributed by atoms with Gasteiger partial charge >= 0.3 is 12.0 Å². The van der Waals surface area contributed by atoms with E-state index >= 15 is 0 Å². The molecule has 2 saturated heterocycles. The monoisotopic (exact) mass is 286 g/mol. The Morgan fingerprint density at radius 1 is 1.30 bits per heavy atom. The molecule has 20 heavy (non-hydrogen) atoms. The summed E-state index contributed by atoms with van der Waals surface area (Å²) < 4.78 is 10.7. The number of nitrogens with zero attached hydrogens (tertiary/aromatic N) is 1. The molecule has 0 saturated carbocycles. The molecule has 2 rings (SSSR count). The maximum Gasteiger partial charge on any atom is 0.329 e. The molecular weight excluding hydrogens is 264 g/mol. The fraction of sp³-hybridized carbons (Fsp3) is 0.846. The van der Waals surface area contributed by atoms with E-state index in [0.717, 1.165) is 19.4 Å². The average molecular weight is 286 g/mol. The van der Waals surface area contributed by atoms with E-state index in [1.807, 2.05) is 0 Å². The third-order valence-electron chi connectivity index (χ3n) is 3.68. The van der Waals surface area contributed by atoms with Crippen LogP contribution >= 0.6 is 0 Å². The predicted octanol–water partition coefficient (Wildman–Crippen LogP) is 0.441. The first kappa shape index (κ1) is 15.1. The number of carboxylic acids is 1. The zero-order valence-corrected chi connectivity index (χ0v) is 11.5. The second kappa shape index (κ2) is 7.44. The van der Waals surface area contributed by atoms with Gasteiger partial charge in [-0.05, 0) is 25.7 Å². The topological polar surface area (TPSA) is 88.1 Å². The van der Waals surface area contributed by atoms with Crippen molar-refractivity contribution in [2.45, 2.75) is 37.9 Å². The van der Waals surface area contributed by atoms with Crippen LogP contribution in [0.1, 0.15) is 25.7 Å². The van der Waals surface area contributed by atoms with Crippen LogP contribution < -0.4 is 5.32 Å². The zero-order chi connectivity index (χ0) is 14.4. The summed E-state index contributed by atoms with van der Waals surface area (Å²) in [5.41, 5.74) is 0. The summed E-state index contributed by atoms with van der Waals surface area (Å²) in [5.74, 6) is -0.957. The van der Waals surface area contributed by atoms with Crippen LogP contribution in [0.5, 0.6) is 0 Å². The van der Waals surface area contributed by atoms with Gasteiger partial charge in [0.25, 0.3) is 0 Å². The van der Waals surface area contributed by atoms with Gasteiger partial charge in [-0.1, -0.05) is 0 Å². The van der Waals surface area contributed by atoms with Gasteiger partial charge in [-0.2, -0.15) is 0 Å². The maximum absolute atomic E-state index is 12.0. The molecule has 7 heteroatoms. The lowest BCUT2D eigenvalue weighted by atomic mass is 10.1. The molecule has 2 aliphatic rings. The van der Waals surface area contributed by atoms with E-state index in [4.69, 9.17) is 14.6 Å². The number of urea groups is 1. The minimum absolute atomic E-state index is 0.0617. The van der Waals surface area contributed by atoms with E-state index in [-0.39, 0.29) is 24.8 Å². The van der Waals surface area contributed by atoms with Crippen LogP contribution in [0.4, 0.5) is 4.79 Å². The highest BCUT2D eigenvalue weighted by molar-refractivity contribution is 5.74. The van der Waals surface area contributed by atoms with E-state index in [9.17, 15) is 9.59 Å². The van der Waals surface area contributed by atoms with Crippen molar-refractivity contribution in [3.8, 4) is 0 Å². The van der Waals surface area contributed by atoms with Crippen LogP contribution in [0.3, 0.4) is 0 Å². The van der Waals surface area contributed by atoms with Gasteiger partial charge in [-0.25, -0.2) is 9.59 Å². The SMILES string of the molecule is O=C(O)COC1CCN(C(=O)NCC2CCCO2)CC1. The summed E-state index contributed by atoms with van der Waals surface area (Å²) in [7, 11) is 0. The second-order valence-corrected chi connectivity index (χ2v) is 5.21. The van der Waals surface area contributed by atoms with Crippen LogP contribution in [0, 0.1) is 0 Å². The molecule has 7 nitrogen and oxygen atoms in total. The quantitative estimate of drug-likeness (QED) is 0.765. The lowest BCUT2D eigenvalue weighted by Crippen LogP contribution is -2.47. The minimum atomic E-state index is -0.957. The van der Waals surface area contributed by atoms with Gasteiger partial charge < -0.3 is 24.8 Å². The van der Waals surface area contributed by atoms with E-state index in [2.05, 4.69) is 5.32 Å². The van der Waals surface area contributed by atoms with Crippen LogP contribution in [-0.4, -0.2) is 67.1 Å². The molecule has 0 aromatic rings. The van der Waals surface area contributed by atoms with Crippen molar-refractivity contribution in [1.29, 1.82) is 0 Å². The number of nitrogens with one attached hydrogen (secondary N) is 1. The number of likely N-dealkylation sites (tertiary alicyclic amines) is 1. The van der Waals surface area contributed by atoms with Crippen LogP contribution in [0.15, 0.2) is 0 Å². The zero-order valence-electron chi connectivity index (χ0n) is 11.5. The van der Waals surface area contributed by atoms with Crippen molar-refractivity contribution >= 4 is 12.0 Å². The molecule has 1 unspecified atom stereocenters. The van der Waals surface area contributed by atoms with Crippen LogP contribution in [-0.2, 0) is 14.3 Å². The fourth-order valence-electron chi connectivity index (χ4n) is 2.53. The first-order chi connectivity index (χ1) is 9.65. The van der Waals surface area contributed by atoms with Crippen molar-refractivity contribution in [3.05, 3.63) is 0 Å². The van der Waals surface area contributed by atoms with E-state index in [1.165, 1.54) is 0 Å². The van der Waals surface area contributed by atoms with Crippen molar-refractivity contribution in [2.24, 2.45) is 0 Å². The molecular formula is C13H22N2O5. The average Bonchev–Trinajstić information content (AvgIpc) is 2.96. The number of ether oxygens (including phenoxy) is 2. The highest BCUT2D eigenvalue weighted by atomic mass is 16.5. The third-order valence-corrected chi connectivity index (χ3v) is 3.68. The molecule has 2 N–H and O–H groups in total. The molecule has 0 spiro atoms. The van der Waals surface area contributed by atoms with Gasteiger partial charge in [-0.3, -0.25) is 0 Å². The number of piperidine rings is 1. The van der Waals surface area contributed by atoms with Gasteiger partial charge in [0.05, 0.1) is 12.2 Å². The standard InChI is InChI=1S/C13H22N2O5/c16-12(17)9-20-10-3-5-15(6-4-10)13(18)14-8-11-2-1-7-19-11/h10-11H,1-9H2,(H,14,18)(H,16,17). The second-order valence-electron chi connectivity index (χ2n) is 5.21. The van der Waals surface area contributed by atoms with Crippen molar-refractivity contribution in [3.63, 3.8) is 0 Å². The van der Waals surface area contributed by atoms with Crippen molar-refractivity contribution < 1.29 is 24.2 Å². The highest BCUT2D eigenvalue weighted by Gasteiger charge is 2.24. The molecule has 1 atom stereocenters. The number of hydrogen-bond donors (Lipinski definition) is 2. The Morgan fingerprint density at radius 3 is 2.65 bits per heavy atom. The molecule has 0 radical (unpaired) electrons. The summed E-state index contributed by atoms with van der Waals surface area (Å²) in [4.78, 5) is 24.1. The summed E-state index contributed by atoms with van der Waals surface area (Å²) in [5, 5.41) is 11.4. The van der Waals surface area contributed by atoms with Gasteiger partial charge in [0.15, 0.2) is 0 Å². The van der Waals surface area contributed by atoms with Gasteiger partial charge in [0.2, 0.25) is 0 Å². The first-order valence-electron chi connectivity index (χ1n) is 7.13. The lowest BCUT2D eigenvalue weighted by Gasteiger charge is -2.31. The largest absolute Gasteiger partial charge is 0.480 e. The Labute approximate surface area is 118 Å². The van der Waals surface area contributed by atoms with Gasteiger partial charge in [0.1, 0.15) is 6.61 Å². The molecule has 114 valence electrons. The molecule has 2 aliphatic heterocycles. The van der Waals surface area contributed by atoms with E-state index < -0.39 is 5.97 Å². The molecule has 2 fully saturated rings. The van der Waals surface area contributed by atoms with E-state index in [0.29, 0.717) is 32.5 Å². The molecule has 0 aromatic carbocycles. The van der Waals surface area contributed by atoms with E-state index in [1.54, 1.807) is 4.90 Å². The number of carboxylic acid groups (broad SMARTS) is 1. The molecule has 0 aromatic heterocycles. The summed E-state index contributed by atoms with van der Waals surface area (Å²) >= 11 is 0. The summed E-state index contributed by atoms with van der Waals surface area (Å²) in [6.07, 6.45) is 3.52. The molecule has 0 aliphatic carbocycles. The number of carbonyl (C=O) groups is 2. The Morgan fingerprint density at radius 2 is 2.05 bits per heavy atom. The Bertz CT molecular complexity index is 336. The summed E-state index contributed by atoms with van der Waals surface area (Å²) in [6.45, 7) is 2.28. The summed E-state index contributed by atoms with van der Waals surface area (Å²) in [6, 6.07) is -0.0721. The minimum Gasteiger partial charge on any atom is -0.480 e. The van der Waals surface area contributed by atoms with Gasteiger partial charge in [-0.15, -0.1) is 0 Å². The number of amides is 2. The molecule has 2 heterocycles. The Hall–Kier alpha value is -1.34. The normalized spacial score (nSPS) is 23.8. The molecule has 2 amide bonds. The maximum atomic E-state index is 12.0. The first-order valence-corrected chi connectivity index (χ1v) is 7.13. The van der Waals surface area contributed by atoms with Crippen LogP contribution in [0.25, 0.3) is 0 Å². The number of aliphatic carboxylic acids is 1. The third kappa shape index (κ3) is 4.64. The smallest absolute Gasteiger partial charge is 0.329 e. The molecule has 0 bridgehead atoms. The number of carbonyl (C=O) groups excluding carboxylic acids is 1.